The maximum absolute atomic E-state index is 11.3. The Morgan fingerprint density at radius 3 is 2.50 bits per heavy atom. The minimum atomic E-state index is -0.417. The molecule has 1 aromatic carbocycles. The lowest BCUT2D eigenvalue weighted by molar-refractivity contribution is -0.385. The Bertz CT molecular complexity index is 668. The number of nitrogens with zero attached hydrogens (tertiary/aromatic N) is 2. The molecule has 1 aromatic rings. The molecule has 2 N–H and O–H groups in total. The number of nitro benzene ring substituents is 1. The van der Waals surface area contributed by atoms with Crippen molar-refractivity contribution in [3.63, 3.8) is 0 Å². The zero-order valence-electron chi connectivity index (χ0n) is 16.4. The van der Waals surface area contributed by atoms with Gasteiger partial charge >= 0.3 is 0 Å². The Labute approximate surface area is 170 Å². The van der Waals surface area contributed by atoms with Crippen LogP contribution in [0.25, 0.3) is 0 Å². The number of benzene rings is 1. The molecule has 0 radical (unpaired) electrons. The quantitative estimate of drug-likeness (QED) is 0.255. The van der Waals surface area contributed by atoms with Gasteiger partial charge in [0.05, 0.1) is 38.4 Å². The molecule has 0 aromatic heterocycles. The molecule has 9 nitrogen and oxygen atoms in total. The molecular formula is C18H28N4O5S. The van der Waals surface area contributed by atoms with Crippen molar-refractivity contribution in [3.8, 4) is 11.5 Å². The van der Waals surface area contributed by atoms with Crippen LogP contribution in [0.2, 0.25) is 0 Å². The van der Waals surface area contributed by atoms with Crippen LogP contribution in [-0.2, 0) is 11.2 Å². The second-order valence-corrected chi connectivity index (χ2v) is 6.74. The van der Waals surface area contributed by atoms with E-state index in [1.165, 1.54) is 20.3 Å². The SMILES string of the molecule is COc1cc(CCNC(=S)NCCCN2CCOCC2)c([N+](=O)[O-])cc1OC. The first-order valence-electron chi connectivity index (χ1n) is 9.26. The summed E-state index contributed by atoms with van der Waals surface area (Å²) in [7, 11) is 2.95. The molecule has 0 bridgehead atoms. The van der Waals surface area contributed by atoms with Crippen LogP contribution in [0.5, 0.6) is 11.5 Å². The van der Waals surface area contributed by atoms with Crippen LogP contribution < -0.4 is 20.1 Å². The molecule has 1 aliphatic rings. The molecule has 28 heavy (non-hydrogen) atoms. The fraction of sp³-hybridized carbons (Fsp3) is 0.611. The summed E-state index contributed by atoms with van der Waals surface area (Å²) < 4.78 is 15.7. The molecule has 1 fully saturated rings. The van der Waals surface area contributed by atoms with Gasteiger partial charge in [-0.1, -0.05) is 0 Å². The molecule has 0 aliphatic carbocycles. The van der Waals surface area contributed by atoms with Crippen LogP contribution in [0.4, 0.5) is 5.69 Å². The Morgan fingerprint density at radius 2 is 1.86 bits per heavy atom. The molecule has 1 heterocycles. The fourth-order valence-electron chi connectivity index (χ4n) is 2.98. The number of ether oxygens (including phenoxy) is 3. The molecule has 0 spiro atoms. The van der Waals surface area contributed by atoms with Crippen molar-refractivity contribution in [1.29, 1.82) is 0 Å². The second-order valence-electron chi connectivity index (χ2n) is 6.33. The van der Waals surface area contributed by atoms with E-state index in [2.05, 4.69) is 15.5 Å². The summed E-state index contributed by atoms with van der Waals surface area (Å²) in [4.78, 5) is 13.3. The van der Waals surface area contributed by atoms with Gasteiger partial charge in [-0.05, 0) is 37.7 Å². The third kappa shape index (κ3) is 6.77. The summed E-state index contributed by atoms with van der Waals surface area (Å²) in [6, 6.07) is 3.02. The third-order valence-electron chi connectivity index (χ3n) is 4.50. The van der Waals surface area contributed by atoms with Gasteiger partial charge in [-0.2, -0.15) is 0 Å². The lowest BCUT2D eigenvalue weighted by Gasteiger charge is -2.26. The largest absolute Gasteiger partial charge is 0.493 e. The normalized spacial score (nSPS) is 14.4. The van der Waals surface area contributed by atoms with Crippen LogP contribution in [0.15, 0.2) is 12.1 Å². The van der Waals surface area contributed by atoms with E-state index in [1.54, 1.807) is 6.07 Å². The highest BCUT2D eigenvalue weighted by molar-refractivity contribution is 7.80. The molecule has 10 heteroatoms. The lowest BCUT2D eigenvalue weighted by Crippen LogP contribution is -2.40. The van der Waals surface area contributed by atoms with Gasteiger partial charge < -0.3 is 24.8 Å². The predicted octanol–water partition coefficient (Wildman–Crippen LogP) is 1.34. The molecule has 0 amide bonds. The second kappa shape index (κ2) is 11.6. The van der Waals surface area contributed by atoms with Crippen LogP contribution >= 0.6 is 12.2 Å². The zero-order valence-corrected chi connectivity index (χ0v) is 17.2. The molecule has 156 valence electrons. The summed E-state index contributed by atoms with van der Waals surface area (Å²) in [6.45, 7) is 5.83. The van der Waals surface area contributed by atoms with Crippen LogP contribution in [0.3, 0.4) is 0 Å². The highest BCUT2D eigenvalue weighted by Crippen LogP contribution is 2.34. The molecule has 0 atom stereocenters. The van der Waals surface area contributed by atoms with E-state index in [9.17, 15) is 10.1 Å². The molecule has 0 unspecified atom stereocenters. The number of morpholine rings is 1. The van der Waals surface area contributed by atoms with E-state index >= 15 is 0 Å². The Morgan fingerprint density at radius 1 is 1.21 bits per heavy atom. The van der Waals surface area contributed by atoms with E-state index < -0.39 is 4.92 Å². The smallest absolute Gasteiger partial charge is 0.276 e. The van der Waals surface area contributed by atoms with E-state index in [0.717, 1.165) is 45.8 Å². The van der Waals surface area contributed by atoms with E-state index in [4.69, 9.17) is 26.4 Å². The Balaban J connectivity index is 1.75. The summed E-state index contributed by atoms with van der Waals surface area (Å²) >= 11 is 5.28. The summed E-state index contributed by atoms with van der Waals surface area (Å²) in [5.74, 6) is 0.801. The number of nitrogens with one attached hydrogen (secondary N) is 2. The van der Waals surface area contributed by atoms with Gasteiger partial charge in [0.1, 0.15) is 0 Å². The molecular weight excluding hydrogens is 384 g/mol. The third-order valence-corrected chi connectivity index (χ3v) is 4.79. The zero-order chi connectivity index (χ0) is 20.4. The average molecular weight is 413 g/mol. The van der Waals surface area contributed by atoms with E-state index in [1.807, 2.05) is 0 Å². The average Bonchev–Trinajstić information content (AvgIpc) is 2.71. The number of methoxy groups -OCH3 is 2. The monoisotopic (exact) mass is 412 g/mol. The summed E-state index contributed by atoms with van der Waals surface area (Å²) in [6.07, 6.45) is 1.43. The minimum Gasteiger partial charge on any atom is -0.493 e. The van der Waals surface area contributed by atoms with Crippen molar-refractivity contribution in [2.45, 2.75) is 12.8 Å². The van der Waals surface area contributed by atoms with Crippen molar-refractivity contribution in [2.24, 2.45) is 0 Å². The summed E-state index contributed by atoms with van der Waals surface area (Å²) in [5, 5.41) is 18.1. The molecule has 2 rings (SSSR count). The first-order chi connectivity index (χ1) is 13.5. The maximum Gasteiger partial charge on any atom is 0.276 e. The van der Waals surface area contributed by atoms with Gasteiger partial charge in [0.2, 0.25) is 0 Å². The van der Waals surface area contributed by atoms with Gasteiger partial charge in [0, 0.05) is 31.7 Å². The fourth-order valence-corrected chi connectivity index (χ4v) is 3.19. The maximum atomic E-state index is 11.3. The van der Waals surface area contributed by atoms with Crippen molar-refractivity contribution in [3.05, 3.63) is 27.8 Å². The van der Waals surface area contributed by atoms with Crippen molar-refractivity contribution in [2.75, 3.05) is 60.2 Å². The predicted molar refractivity (Wildman–Crippen MR) is 110 cm³/mol. The number of nitro groups is 1. The number of rotatable bonds is 10. The van der Waals surface area contributed by atoms with Gasteiger partial charge in [-0.15, -0.1) is 0 Å². The first kappa shape index (κ1) is 22.1. The summed E-state index contributed by atoms with van der Waals surface area (Å²) in [5.41, 5.74) is 0.564. The van der Waals surface area contributed by atoms with Gasteiger partial charge in [-0.3, -0.25) is 15.0 Å². The van der Waals surface area contributed by atoms with Crippen molar-refractivity contribution in [1.82, 2.24) is 15.5 Å². The van der Waals surface area contributed by atoms with Crippen molar-refractivity contribution >= 4 is 23.0 Å². The molecule has 1 saturated heterocycles. The van der Waals surface area contributed by atoms with Crippen LogP contribution in [0, 0.1) is 10.1 Å². The van der Waals surface area contributed by atoms with Crippen LogP contribution in [-0.4, -0.2) is 75.1 Å². The highest BCUT2D eigenvalue weighted by Gasteiger charge is 2.19. The number of thiocarbonyl (C=S) groups is 1. The Hall–Kier alpha value is -2.17. The van der Waals surface area contributed by atoms with Gasteiger partial charge in [-0.25, -0.2) is 0 Å². The molecule has 1 aliphatic heterocycles. The van der Waals surface area contributed by atoms with Crippen LogP contribution in [0.1, 0.15) is 12.0 Å². The lowest BCUT2D eigenvalue weighted by atomic mass is 10.1. The number of hydrogen-bond donors (Lipinski definition) is 2. The number of hydrogen-bond acceptors (Lipinski definition) is 7. The minimum absolute atomic E-state index is 0.00355. The topological polar surface area (TPSA) is 98.1 Å². The van der Waals surface area contributed by atoms with E-state index in [0.29, 0.717) is 35.1 Å². The van der Waals surface area contributed by atoms with Gasteiger partial charge in [0.15, 0.2) is 16.6 Å². The van der Waals surface area contributed by atoms with E-state index in [-0.39, 0.29) is 5.69 Å². The highest BCUT2D eigenvalue weighted by atomic mass is 32.1. The molecule has 0 saturated carbocycles. The Kier molecular flexibility index (Phi) is 9.18. The van der Waals surface area contributed by atoms with Gasteiger partial charge in [0.25, 0.3) is 5.69 Å². The van der Waals surface area contributed by atoms with Crippen molar-refractivity contribution < 1.29 is 19.1 Å². The standard InChI is InChI=1S/C18H28N4O5S/c1-25-16-12-14(15(22(23)24)13-17(16)26-2)4-6-20-18(28)19-5-3-7-21-8-10-27-11-9-21/h12-13H,3-11H2,1-2H3,(H2,19,20,28). The first-order valence-corrected chi connectivity index (χ1v) is 9.67.